The number of amides is 2. The Labute approximate surface area is 149 Å². The van der Waals surface area contributed by atoms with E-state index in [1.54, 1.807) is 18.2 Å². The van der Waals surface area contributed by atoms with E-state index in [1.165, 1.54) is 22.8 Å². The van der Waals surface area contributed by atoms with E-state index in [4.69, 9.17) is 0 Å². The summed E-state index contributed by atoms with van der Waals surface area (Å²) in [4.78, 5) is 25.5. The molecular formula is C17H19F2N5O2. The molecule has 26 heavy (non-hydrogen) atoms. The number of nitrogens with zero attached hydrogens (tertiary/aromatic N) is 4. The Bertz CT molecular complexity index is 836. The molecule has 1 fully saturated rings. The van der Waals surface area contributed by atoms with Crippen LogP contribution in [0.2, 0.25) is 0 Å². The van der Waals surface area contributed by atoms with Crippen molar-refractivity contribution in [1.82, 2.24) is 25.2 Å². The molecule has 1 aliphatic heterocycles. The zero-order valence-electron chi connectivity index (χ0n) is 14.4. The first-order chi connectivity index (χ1) is 12.3. The Morgan fingerprint density at radius 3 is 2.85 bits per heavy atom. The number of alkyl halides is 2. The third-order valence-corrected chi connectivity index (χ3v) is 4.30. The van der Waals surface area contributed by atoms with Crippen LogP contribution in [0.25, 0.3) is 0 Å². The van der Waals surface area contributed by atoms with Gasteiger partial charge in [-0.25, -0.2) is 13.5 Å². The Morgan fingerprint density at radius 2 is 2.15 bits per heavy atom. The van der Waals surface area contributed by atoms with Crippen molar-refractivity contribution in [3.63, 3.8) is 0 Å². The maximum atomic E-state index is 14.0. The van der Waals surface area contributed by atoms with E-state index in [-0.39, 0.29) is 12.2 Å². The maximum Gasteiger partial charge on any atom is 0.273 e. The van der Waals surface area contributed by atoms with Gasteiger partial charge in [-0.3, -0.25) is 9.59 Å². The van der Waals surface area contributed by atoms with Crippen molar-refractivity contribution in [3.8, 4) is 0 Å². The highest BCUT2D eigenvalue weighted by Gasteiger charge is 2.47. The summed E-state index contributed by atoms with van der Waals surface area (Å²) in [5.41, 5.74) is 1.34. The van der Waals surface area contributed by atoms with E-state index >= 15 is 0 Å². The first kappa shape index (κ1) is 18.0. The van der Waals surface area contributed by atoms with Crippen molar-refractivity contribution in [3.05, 3.63) is 47.3 Å². The highest BCUT2D eigenvalue weighted by Crippen LogP contribution is 2.33. The smallest absolute Gasteiger partial charge is 0.273 e. The summed E-state index contributed by atoms with van der Waals surface area (Å²) in [6, 6.07) is 6.11. The Balaban J connectivity index is 1.81. The van der Waals surface area contributed by atoms with Crippen molar-refractivity contribution in [2.45, 2.75) is 31.9 Å². The summed E-state index contributed by atoms with van der Waals surface area (Å²) in [6.07, 6.45) is 0.921. The molecule has 0 bridgehead atoms. The number of aromatic nitrogens is 3. The van der Waals surface area contributed by atoms with Gasteiger partial charge in [0.2, 0.25) is 0 Å². The van der Waals surface area contributed by atoms with Crippen LogP contribution >= 0.6 is 0 Å². The fourth-order valence-corrected chi connectivity index (χ4v) is 3.08. The molecule has 1 N–H and O–H groups in total. The predicted molar refractivity (Wildman–Crippen MR) is 89.0 cm³/mol. The summed E-state index contributed by atoms with van der Waals surface area (Å²) in [6.45, 7) is 1.24. The Hall–Kier alpha value is -2.84. The van der Waals surface area contributed by atoms with Crippen LogP contribution in [0.5, 0.6) is 0 Å². The standard InChI is InChI=1S/C17H19F2N5O2/c1-11-4-3-5-12(6-11)16(26)24-10-17(18,19)7-13(24)8-23-9-14(21-22-23)15(25)20-2/h3-6,9,13H,7-8,10H2,1-2H3,(H,20,25). The number of hydrogen-bond donors (Lipinski definition) is 1. The summed E-state index contributed by atoms with van der Waals surface area (Å²) in [7, 11) is 1.46. The van der Waals surface area contributed by atoms with Crippen LogP contribution in [0.15, 0.2) is 30.5 Å². The van der Waals surface area contributed by atoms with Gasteiger partial charge in [0.15, 0.2) is 5.69 Å². The molecule has 2 amide bonds. The molecule has 1 saturated heterocycles. The van der Waals surface area contributed by atoms with Crippen molar-refractivity contribution in [2.24, 2.45) is 0 Å². The Morgan fingerprint density at radius 1 is 1.38 bits per heavy atom. The number of rotatable bonds is 4. The molecule has 0 aliphatic carbocycles. The number of benzene rings is 1. The molecule has 1 aromatic carbocycles. The van der Waals surface area contributed by atoms with Gasteiger partial charge >= 0.3 is 0 Å². The molecule has 0 radical (unpaired) electrons. The van der Waals surface area contributed by atoms with Gasteiger partial charge in [-0.15, -0.1) is 5.10 Å². The molecule has 1 aromatic heterocycles. The van der Waals surface area contributed by atoms with Gasteiger partial charge < -0.3 is 10.2 Å². The molecule has 0 spiro atoms. The van der Waals surface area contributed by atoms with Crippen LogP contribution in [0.4, 0.5) is 8.78 Å². The molecule has 1 unspecified atom stereocenters. The molecule has 138 valence electrons. The van der Waals surface area contributed by atoms with Crippen LogP contribution in [-0.4, -0.2) is 57.3 Å². The summed E-state index contributed by atoms with van der Waals surface area (Å²) >= 11 is 0. The number of likely N-dealkylation sites (tertiary alicyclic amines) is 1. The number of carbonyl (C=O) groups excluding carboxylic acids is 2. The van der Waals surface area contributed by atoms with Gasteiger partial charge in [-0.2, -0.15) is 0 Å². The molecule has 0 saturated carbocycles. The van der Waals surface area contributed by atoms with E-state index in [1.807, 2.05) is 13.0 Å². The lowest BCUT2D eigenvalue weighted by atomic mass is 10.1. The van der Waals surface area contributed by atoms with Crippen LogP contribution < -0.4 is 5.32 Å². The number of nitrogens with one attached hydrogen (secondary N) is 1. The zero-order chi connectivity index (χ0) is 18.9. The van der Waals surface area contributed by atoms with Crippen LogP contribution in [0.3, 0.4) is 0 Å². The molecule has 7 nitrogen and oxygen atoms in total. The topological polar surface area (TPSA) is 80.1 Å². The average Bonchev–Trinajstić information content (AvgIpc) is 3.17. The second-order valence-electron chi connectivity index (χ2n) is 6.42. The van der Waals surface area contributed by atoms with Gasteiger partial charge in [-0.05, 0) is 19.1 Å². The quantitative estimate of drug-likeness (QED) is 0.893. The number of hydrogen-bond acceptors (Lipinski definition) is 4. The molecule has 1 aliphatic rings. The lowest BCUT2D eigenvalue weighted by Crippen LogP contribution is -2.38. The number of halogens is 2. The largest absolute Gasteiger partial charge is 0.354 e. The number of aryl methyl sites for hydroxylation is 1. The zero-order valence-corrected chi connectivity index (χ0v) is 14.4. The normalized spacial score (nSPS) is 18.8. The summed E-state index contributed by atoms with van der Waals surface area (Å²) < 4.78 is 29.3. The average molecular weight is 363 g/mol. The van der Waals surface area contributed by atoms with E-state index in [0.29, 0.717) is 5.56 Å². The monoisotopic (exact) mass is 363 g/mol. The van der Waals surface area contributed by atoms with Crippen LogP contribution in [0, 0.1) is 6.92 Å². The fourth-order valence-electron chi connectivity index (χ4n) is 3.08. The second-order valence-corrected chi connectivity index (χ2v) is 6.42. The molecule has 1 atom stereocenters. The van der Waals surface area contributed by atoms with Crippen molar-refractivity contribution in [2.75, 3.05) is 13.6 Å². The first-order valence-electron chi connectivity index (χ1n) is 8.17. The number of carbonyl (C=O) groups is 2. The first-order valence-corrected chi connectivity index (χ1v) is 8.17. The third-order valence-electron chi connectivity index (χ3n) is 4.30. The molecule has 9 heteroatoms. The van der Waals surface area contributed by atoms with Crippen molar-refractivity contribution >= 4 is 11.8 Å². The minimum absolute atomic E-state index is 0.0388. The molecular weight excluding hydrogens is 344 g/mol. The molecule has 3 rings (SSSR count). The minimum atomic E-state index is -2.96. The predicted octanol–water partition coefficient (Wildman–Crippen LogP) is 1.50. The van der Waals surface area contributed by atoms with Gasteiger partial charge in [0.05, 0.1) is 25.3 Å². The molecule has 2 aromatic rings. The summed E-state index contributed by atoms with van der Waals surface area (Å²) in [5, 5.41) is 9.93. The van der Waals surface area contributed by atoms with Crippen LogP contribution in [0.1, 0.15) is 32.8 Å². The second kappa shape index (κ2) is 6.81. The minimum Gasteiger partial charge on any atom is -0.354 e. The van der Waals surface area contributed by atoms with E-state index < -0.39 is 36.7 Å². The SMILES string of the molecule is CNC(=O)c1cn(CC2CC(F)(F)CN2C(=O)c2cccc(C)c2)nn1. The van der Waals surface area contributed by atoms with Gasteiger partial charge in [0.1, 0.15) is 0 Å². The van der Waals surface area contributed by atoms with E-state index in [2.05, 4.69) is 15.6 Å². The maximum absolute atomic E-state index is 14.0. The Kier molecular flexibility index (Phi) is 4.71. The van der Waals surface area contributed by atoms with Crippen molar-refractivity contribution < 1.29 is 18.4 Å². The lowest BCUT2D eigenvalue weighted by Gasteiger charge is -2.24. The summed E-state index contributed by atoms with van der Waals surface area (Å²) in [5.74, 6) is -3.82. The lowest BCUT2D eigenvalue weighted by molar-refractivity contribution is 0.0117. The van der Waals surface area contributed by atoms with Gasteiger partial charge in [0, 0.05) is 19.0 Å². The van der Waals surface area contributed by atoms with Crippen molar-refractivity contribution in [1.29, 1.82) is 0 Å². The van der Waals surface area contributed by atoms with Gasteiger partial charge in [0.25, 0.3) is 17.7 Å². The van der Waals surface area contributed by atoms with Crippen LogP contribution in [-0.2, 0) is 6.54 Å². The van der Waals surface area contributed by atoms with E-state index in [0.717, 1.165) is 5.56 Å². The third kappa shape index (κ3) is 3.71. The van der Waals surface area contributed by atoms with E-state index in [9.17, 15) is 18.4 Å². The molecule has 2 heterocycles. The highest BCUT2D eigenvalue weighted by molar-refractivity contribution is 5.95. The van der Waals surface area contributed by atoms with Gasteiger partial charge in [-0.1, -0.05) is 22.9 Å². The highest BCUT2D eigenvalue weighted by atomic mass is 19.3. The fraction of sp³-hybridized carbons (Fsp3) is 0.412.